The molecule has 0 amide bonds. The van der Waals surface area contributed by atoms with Gasteiger partial charge in [-0.3, -0.25) is 37.3 Å². The summed E-state index contributed by atoms with van der Waals surface area (Å²) in [6, 6.07) is 0. The van der Waals surface area contributed by atoms with E-state index < -0.39 is 97.5 Å². The molecule has 0 rings (SSSR count). The lowest BCUT2D eigenvalue weighted by Gasteiger charge is -2.21. The van der Waals surface area contributed by atoms with Crippen molar-refractivity contribution in [2.24, 2.45) is 23.7 Å². The number of rotatable bonds is 77. The van der Waals surface area contributed by atoms with Crippen LogP contribution in [-0.4, -0.2) is 96.7 Å². The van der Waals surface area contributed by atoms with Crippen molar-refractivity contribution >= 4 is 39.5 Å². The Bertz CT molecular complexity index is 1940. The van der Waals surface area contributed by atoms with Crippen LogP contribution < -0.4 is 0 Å². The fourth-order valence-corrected chi connectivity index (χ4v) is 13.8. The predicted molar refractivity (Wildman–Crippen MR) is 404 cm³/mol. The lowest BCUT2D eigenvalue weighted by Crippen LogP contribution is -2.30. The van der Waals surface area contributed by atoms with Crippen LogP contribution in [0.25, 0.3) is 0 Å². The highest BCUT2D eigenvalue weighted by molar-refractivity contribution is 7.47. The highest BCUT2D eigenvalue weighted by atomic mass is 31.2. The standard InChI is InChI=1S/C80H156O17P2/c1-9-73(8)59-51-43-35-26-20-16-14-12-10-11-13-15-17-21-27-38-46-54-62-79(84)96-75(66-90-77(82)60-52-44-36-29-23-25-33-41-49-57-71(4)5)68-94-98(86,87)92-64-74(81)65-93-99(88,89)95-69-76(67-91-78(83)61-53-45-37-31-30-34-42-50-58-72(6)7)97-80(85)63-55-47-39-28-22-18-19-24-32-40-48-56-70(2)3/h70-76,81H,9-69H2,1-8H3,(H,86,87)(H,88,89)/t73?,74?,75-,76-/m1/s1. The fraction of sp³-hybridized carbons (Fsp3) is 0.950. The van der Waals surface area contributed by atoms with Crippen LogP contribution in [0.1, 0.15) is 409 Å². The molecule has 17 nitrogen and oxygen atoms in total. The SMILES string of the molecule is CCC(C)CCCCCCCCCCCCCCCCCCCCC(=O)O[C@H](COC(=O)CCCCCCCCCCCC(C)C)COP(=O)(O)OCC(O)COP(=O)(O)OC[C@@H](COC(=O)CCCCCCCCCCC(C)C)OC(=O)CCCCCCCCCCCCCC(C)C. The molecule has 0 radical (unpaired) electrons. The molecule has 0 spiro atoms. The number of aliphatic hydroxyl groups is 1. The minimum Gasteiger partial charge on any atom is -0.462 e. The van der Waals surface area contributed by atoms with Crippen LogP contribution in [-0.2, 0) is 65.4 Å². The second-order valence-corrected chi connectivity index (χ2v) is 33.4. The number of phosphoric ester groups is 2. The van der Waals surface area contributed by atoms with E-state index in [1.165, 1.54) is 212 Å². The van der Waals surface area contributed by atoms with Crippen molar-refractivity contribution in [1.82, 2.24) is 0 Å². The molecule has 588 valence electrons. The molecule has 0 heterocycles. The van der Waals surface area contributed by atoms with E-state index in [4.69, 9.17) is 37.0 Å². The third kappa shape index (κ3) is 72.8. The number of unbranched alkanes of at least 4 members (excludes halogenated alkanes) is 42. The first-order valence-electron chi connectivity index (χ1n) is 41.2. The van der Waals surface area contributed by atoms with Gasteiger partial charge in [0.15, 0.2) is 12.2 Å². The van der Waals surface area contributed by atoms with E-state index in [2.05, 4.69) is 55.4 Å². The lowest BCUT2D eigenvalue weighted by molar-refractivity contribution is -0.161. The van der Waals surface area contributed by atoms with E-state index in [1.807, 2.05) is 0 Å². The highest BCUT2D eigenvalue weighted by Gasteiger charge is 2.30. The summed E-state index contributed by atoms with van der Waals surface area (Å²) in [4.78, 5) is 72.9. The molecule has 0 aromatic heterocycles. The largest absolute Gasteiger partial charge is 0.472 e. The van der Waals surface area contributed by atoms with Crippen molar-refractivity contribution < 1.29 is 80.2 Å². The third-order valence-corrected chi connectivity index (χ3v) is 20.8. The van der Waals surface area contributed by atoms with E-state index in [-0.39, 0.29) is 25.7 Å². The van der Waals surface area contributed by atoms with Crippen LogP contribution in [0.15, 0.2) is 0 Å². The number of carbonyl (C=O) groups excluding carboxylic acids is 4. The first kappa shape index (κ1) is 97.1. The molecule has 0 aliphatic rings. The molecule has 0 fully saturated rings. The second kappa shape index (κ2) is 69.1. The van der Waals surface area contributed by atoms with Crippen molar-refractivity contribution in [3.8, 4) is 0 Å². The summed E-state index contributed by atoms with van der Waals surface area (Å²) >= 11 is 0. The summed E-state index contributed by atoms with van der Waals surface area (Å²) in [7, 11) is -9.92. The van der Waals surface area contributed by atoms with Gasteiger partial charge in [0.1, 0.15) is 19.3 Å². The molecule has 0 aromatic rings. The van der Waals surface area contributed by atoms with Gasteiger partial charge in [0.2, 0.25) is 0 Å². The highest BCUT2D eigenvalue weighted by Crippen LogP contribution is 2.45. The maximum absolute atomic E-state index is 13.1. The summed E-state index contributed by atoms with van der Waals surface area (Å²) in [5, 5.41) is 10.6. The van der Waals surface area contributed by atoms with Crippen molar-refractivity contribution in [3.63, 3.8) is 0 Å². The zero-order valence-corrected chi connectivity index (χ0v) is 66.9. The fourth-order valence-electron chi connectivity index (χ4n) is 12.2. The number of hydrogen-bond acceptors (Lipinski definition) is 15. The average molecular weight is 1450 g/mol. The maximum atomic E-state index is 13.1. The van der Waals surface area contributed by atoms with Gasteiger partial charge in [0, 0.05) is 25.7 Å². The van der Waals surface area contributed by atoms with E-state index in [0.29, 0.717) is 25.7 Å². The molecule has 6 atom stereocenters. The van der Waals surface area contributed by atoms with Crippen LogP contribution in [0.5, 0.6) is 0 Å². The van der Waals surface area contributed by atoms with Crippen LogP contribution in [0.2, 0.25) is 0 Å². The zero-order valence-electron chi connectivity index (χ0n) is 65.1. The molecular formula is C80H156O17P2. The van der Waals surface area contributed by atoms with Crippen LogP contribution >= 0.6 is 15.6 Å². The molecule has 3 N–H and O–H groups in total. The van der Waals surface area contributed by atoms with Gasteiger partial charge in [-0.15, -0.1) is 0 Å². The number of aliphatic hydroxyl groups excluding tert-OH is 1. The minimum absolute atomic E-state index is 0.106. The number of phosphoric acid groups is 2. The number of ether oxygens (including phenoxy) is 4. The molecule has 0 saturated carbocycles. The van der Waals surface area contributed by atoms with Crippen LogP contribution in [0, 0.1) is 23.7 Å². The summed E-state index contributed by atoms with van der Waals surface area (Å²) < 4.78 is 68.6. The van der Waals surface area contributed by atoms with Gasteiger partial charge in [0.05, 0.1) is 26.4 Å². The Kier molecular flexibility index (Phi) is 67.8. The third-order valence-electron chi connectivity index (χ3n) is 18.9. The molecule has 0 bridgehead atoms. The number of carbonyl (C=O) groups is 4. The maximum Gasteiger partial charge on any atom is 0.472 e. The molecule has 0 aliphatic carbocycles. The minimum atomic E-state index is -4.96. The van der Waals surface area contributed by atoms with Gasteiger partial charge in [-0.1, -0.05) is 357 Å². The molecule has 19 heteroatoms. The summed E-state index contributed by atoms with van der Waals surface area (Å²) in [5.74, 6) is 0.989. The van der Waals surface area contributed by atoms with Gasteiger partial charge in [-0.2, -0.15) is 0 Å². The van der Waals surface area contributed by atoms with E-state index in [0.717, 1.165) is 114 Å². The topological polar surface area (TPSA) is 237 Å². The molecule has 4 unspecified atom stereocenters. The Labute approximate surface area is 607 Å². The van der Waals surface area contributed by atoms with E-state index >= 15 is 0 Å². The van der Waals surface area contributed by atoms with Crippen molar-refractivity contribution in [3.05, 3.63) is 0 Å². The predicted octanol–water partition coefficient (Wildman–Crippen LogP) is 23.6. The van der Waals surface area contributed by atoms with Gasteiger partial charge in [-0.05, 0) is 49.4 Å². The average Bonchev–Trinajstić information content (AvgIpc) is 1.02. The van der Waals surface area contributed by atoms with Gasteiger partial charge in [-0.25, -0.2) is 9.13 Å². The van der Waals surface area contributed by atoms with Gasteiger partial charge >= 0.3 is 39.5 Å². The Morgan fingerprint density at radius 1 is 0.283 bits per heavy atom. The first-order chi connectivity index (χ1) is 47.6. The lowest BCUT2D eigenvalue weighted by atomic mass is 9.99. The summed E-state index contributed by atoms with van der Waals surface area (Å²) in [6.07, 6.45) is 55.6. The monoisotopic (exact) mass is 1450 g/mol. The van der Waals surface area contributed by atoms with Crippen molar-refractivity contribution in [2.75, 3.05) is 39.6 Å². The first-order valence-corrected chi connectivity index (χ1v) is 44.2. The van der Waals surface area contributed by atoms with Gasteiger partial charge < -0.3 is 33.8 Å². The van der Waals surface area contributed by atoms with Crippen LogP contribution in [0.3, 0.4) is 0 Å². The number of hydrogen-bond donors (Lipinski definition) is 3. The summed E-state index contributed by atoms with van der Waals surface area (Å²) in [5.41, 5.74) is 0. The quantitative estimate of drug-likeness (QED) is 0.0222. The van der Waals surface area contributed by atoms with Crippen molar-refractivity contribution in [1.29, 1.82) is 0 Å². The normalized spacial score (nSPS) is 14.3. The van der Waals surface area contributed by atoms with Crippen LogP contribution in [0.4, 0.5) is 0 Å². The molecule has 0 aromatic carbocycles. The Hall–Kier alpha value is -1.94. The Morgan fingerprint density at radius 2 is 0.485 bits per heavy atom. The molecule has 0 saturated heterocycles. The van der Waals surface area contributed by atoms with Gasteiger partial charge in [0.25, 0.3) is 0 Å². The summed E-state index contributed by atoms with van der Waals surface area (Å²) in [6.45, 7) is 14.2. The molecule has 99 heavy (non-hydrogen) atoms. The molecular weight excluding hydrogens is 1290 g/mol. The molecule has 0 aliphatic heterocycles. The second-order valence-electron chi connectivity index (χ2n) is 30.5. The zero-order chi connectivity index (χ0) is 73.1. The van der Waals surface area contributed by atoms with Crippen molar-refractivity contribution in [2.45, 2.75) is 427 Å². The number of esters is 4. The van der Waals surface area contributed by atoms with E-state index in [9.17, 15) is 43.2 Å². The smallest absolute Gasteiger partial charge is 0.462 e. The van der Waals surface area contributed by atoms with E-state index in [1.54, 1.807) is 0 Å². The Morgan fingerprint density at radius 3 is 0.717 bits per heavy atom. The Balaban J connectivity index is 5.21.